The predicted octanol–water partition coefficient (Wildman–Crippen LogP) is 3.71. The highest BCUT2D eigenvalue weighted by Gasteiger charge is 2.08. The molecule has 0 aliphatic heterocycles. The molecule has 0 atom stereocenters. The quantitative estimate of drug-likeness (QED) is 0.514. The van der Waals surface area contributed by atoms with Crippen LogP contribution in [-0.2, 0) is 6.54 Å². The first kappa shape index (κ1) is 12.9. The van der Waals surface area contributed by atoms with E-state index in [0.29, 0.717) is 6.54 Å². The molecule has 0 aliphatic carbocycles. The zero-order chi connectivity index (χ0) is 13.1. The molecule has 0 bridgehead atoms. The molecular weight excluding hydrogens is 347 g/mol. The second kappa shape index (κ2) is 5.38. The number of aryl methyl sites for hydroxylation is 1. The monoisotopic (exact) mass is 358 g/mol. The summed E-state index contributed by atoms with van der Waals surface area (Å²) in [7, 11) is 0. The van der Waals surface area contributed by atoms with Crippen molar-refractivity contribution in [2.24, 2.45) is 0 Å². The van der Waals surface area contributed by atoms with Gasteiger partial charge in [0.25, 0.3) is 5.69 Å². The molecule has 0 aliphatic rings. The zero-order valence-corrected chi connectivity index (χ0v) is 11.8. The van der Waals surface area contributed by atoms with Crippen molar-refractivity contribution in [2.75, 3.05) is 5.32 Å². The van der Waals surface area contributed by atoms with E-state index in [2.05, 4.69) is 27.9 Å². The SMILES string of the molecule is Cc1ccc([N+](=O)[O-])cc1NCc1ccc(I)o1. The standard InChI is InChI=1S/C12H11IN2O3/c1-8-2-3-9(15(16)17)6-11(8)14-7-10-4-5-12(13)18-10/h2-6,14H,7H2,1H3. The molecule has 1 aromatic carbocycles. The summed E-state index contributed by atoms with van der Waals surface area (Å²) in [5.41, 5.74) is 1.79. The fraction of sp³-hybridized carbons (Fsp3) is 0.167. The number of furan rings is 1. The molecule has 0 spiro atoms. The Labute approximate surface area is 117 Å². The first-order chi connectivity index (χ1) is 8.56. The number of benzene rings is 1. The van der Waals surface area contributed by atoms with Crippen LogP contribution in [-0.4, -0.2) is 4.92 Å². The van der Waals surface area contributed by atoms with Crippen LogP contribution in [0.4, 0.5) is 11.4 Å². The minimum absolute atomic E-state index is 0.0807. The van der Waals surface area contributed by atoms with Crippen LogP contribution >= 0.6 is 22.6 Å². The first-order valence-corrected chi connectivity index (χ1v) is 6.37. The van der Waals surface area contributed by atoms with Crippen LogP contribution in [0.25, 0.3) is 0 Å². The van der Waals surface area contributed by atoms with Gasteiger partial charge in [-0.1, -0.05) is 6.07 Å². The summed E-state index contributed by atoms with van der Waals surface area (Å²) < 4.78 is 6.23. The van der Waals surface area contributed by atoms with E-state index in [1.165, 1.54) is 12.1 Å². The van der Waals surface area contributed by atoms with E-state index < -0.39 is 4.92 Å². The van der Waals surface area contributed by atoms with E-state index in [9.17, 15) is 10.1 Å². The van der Waals surface area contributed by atoms with E-state index in [-0.39, 0.29) is 5.69 Å². The summed E-state index contributed by atoms with van der Waals surface area (Å²) in [5, 5.41) is 13.8. The molecule has 2 aromatic rings. The van der Waals surface area contributed by atoms with Crippen LogP contribution < -0.4 is 5.32 Å². The first-order valence-electron chi connectivity index (χ1n) is 5.29. The molecular formula is C12H11IN2O3. The van der Waals surface area contributed by atoms with Crippen molar-refractivity contribution >= 4 is 34.0 Å². The molecule has 1 aromatic heterocycles. The van der Waals surface area contributed by atoms with E-state index in [1.807, 2.05) is 19.1 Å². The lowest BCUT2D eigenvalue weighted by atomic mass is 10.2. The predicted molar refractivity (Wildman–Crippen MR) is 76.6 cm³/mol. The summed E-state index contributed by atoms with van der Waals surface area (Å²) in [6, 6.07) is 8.51. The number of non-ortho nitro benzene ring substituents is 1. The van der Waals surface area contributed by atoms with Crippen molar-refractivity contribution in [2.45, 2.75) is 13.5 Å². The molecule has 2 rings (SSSR count). The van der Waals surface area contributed by atoms with Crippen LogP contribution in [0, 0.1) is 20.8 Å². The summed E-state index contributed by atoms with van der Waals surface area (Å²) in [6.07, 6.45) is 0. The van der Waals surface area contributed by atoms with Crippen LogP contribution in [0.15, 0.2) is 34.7 Å². The molecule has 5 nitrogen and oxygen atoms in total. The summed E-state index contributed by atoms with van der Waals surface area (Å²) in [5.74, 6) is 0.797. The maximum atomic E-state index is 10.7. The van der Waals surface area contributed by atoms with E-state index in [0.717, 1.165) is 20.8 Å². The molecule has 0 saturated heterocycles. The lowest BCUT2D eigenvalue weighted by Crippen LogP contribution is -2.01. The molecule has 1 N–H and O–H groups in total. The molecule has 0 fully saturated rings. The normalized spacial score (nSPS) is 10.3. The largest absolute Gasteiger partial charge is 0.454 e. The maximum Gasteiger partial charge on any atom is 0.271 e. The third-order valence-electron chi connectivity index (χ3n) is 2.51. The fourth-order valence-electron chi connectivity index (χ4n) is 1.54. The third kappa shape index (κ3) is 3.00. The lowest BCUT2D eigenvalue weighted by Gasteiger charge is -2.07. The molecule has 0 radical (unpaired) electrons. The van der Waals surface area contributed by atoms with E-state index in [1.54, 1.807) is 6.07 Å². The second-order valence-electron chi connectivity index (χ2n) is 3.82. The highest BCUT2D eigenvalue weighted by molar-refractivity contribution is 14.1. The Morgan fingerprint density at radius 2 is 2.17 bits per heavy atom. The molecule has 94 valence electrons. The Bertz CT molecular complexity index is 580. The summed E-state index contributed by atoms with van der Waals surface area (Å²) >= 11 is 2.09. The van der Waals surface area contributed by atoms with Gasteiger partial charge >= 0.3 is 0 Å². The number of rotatable bonds is 4. The number of hydrogen-bond acceptors (Lipinski definition) is 4. The Morgan fingerprint density at radius 1 is 1.39 bits per heavy atom. The minimum Gasteiger partial charge on any atom is -0.454 e. The fourth-order valence-corrected chi connectivity index (χ4v) is 2.01. The molecule has 18 heavy (non-hydrogen) atoms. The van der Waals surface area contributed by atoms with Gasteiger partial charge in [-0.15, -0.1) is 0 Å². The van der Waals surface area contributed by atoms with Gasteiger partial charge in [0.15, 0.2) is 3.77 Å². The summed E-state index contributed by atoms with van der Waals surface area (Å²) in [6.45, 7) is 2.41. The Morgan fingerprint density at radius 3 is 2.78 bits per heavy atom. The van der Waals surface area contributed by atoms with Gasteiger partial charge in [-0.2, -0.15) is 0 Å². The van der Waals surface area contributed by atoms with Crippen molar-refractivity contribution in [1.29, 1.82) is 0 Å². The average molecular weight is 358 g/mol. The number of nitrogens with zero attached hydrogens (tertiary/aromatic N) is 1. The highest BCUT2D eigenvalue weighted by atomic mass is 127. The number of anilines is 1. The number of nitro groups is 1. The average Bonchev–Trinajstić information content (AvgIpc) is 2.74. The van der Waals surface area contributed by atoms with Gasteiger partial charge in [-0.25, -0.2) is 0 Å². The molecule has 6 heteroatoms. The van der Waals surface area contributed by atoms with E-state index in [4.69, 9.17) is 4.42 Å². The van der Waals surface area contributed by atoms with Crippen LogP contribution in [0.5, 0.6) is 0 Å². The van der Waals surface area contributed by atoms with Crippen LogP contribution in [0.3, 0.4) is 0 Å². The van der Waals surface area contributed by atoms with Gasteiger partial charge in [-0.3, -0.25) is 10.1 Å². The van der Waals surface area contributed by atoms with Crippen molar-refractivity contribution < 1.29 is 9.34 Å². The zero-order valence-electron chi connectivity index (χ0n) is 9.64. The minimum atomic E-state index is -0.402. The van der Waals surface area contributed by atoms with Gasteiger partial charge in [0.2, 0.25) is 0 Å². The topological polar surface area (TPSA) is 68.3 Å². The van der Waals surface area contributed by atoms with Gasteiger partial charge in [-0.05, 0) is 47.2 Å². The van der Waals surface area contributed by atoms with Crippen molar-refractivity contribution in [3.8, 4) is 0 Å². The van der Waals surface area contributed by atoms with Crippen molar-refractivity contribution in [3.05, 3.63) is 55.5 Å². The van der Waals surface area contributed by atoms with Gasteiger partial charge in [0.05, 0.1) is 11.5 Å². The molecule has 0 amide bonds. The number of hydrogen-bond donors (Lipinski definition) is 1. The Balaban J connectivity index is 2.13. The third-order valence-corrected chi connectivity index (χ3v) is 3.09. The maximum absolute atomic E-state index is 10.7. The number of halogens is 1. The molecule has 1 heterocycles. The second-order valence-corrected chi connectivity index (χ2v) is 4.88. The molecule has 0 unspecified atom stereocenters. The molecule has 0 saturated carbocycles. The van der Waals surface area contributed by atoms with Gasteiger partial charge in [0, 0.05) is 17.8 Å². The lowest BCUT2D eigenvalue weighted by molar-refractivity contribution is -0.384. The summed E-state index contributed by atoms with van der Waals surface area (Å²) in [4.78, 5) is 10.3. The highest BCUT2D eigenvalue weighted by Crippen LogP contribution is 2.22. The van der Waals surface area contributed by atoms with Gasteiger partial charge in [0.1, 0.15) is 5.76 Å². The van der Waals surface area contributed by atoms with Crippen LogP contribution in [0.2, 0.25) is 0 Å². The Hall–Kier alpha value is -1.57. The van der Waals surface area contributed by atoms with Gasteiger partial charge < -0.3 is 9.73 Å². The smallest absolute Gasteiger partial charge is 0.271 e. The van der Waals surface area contributed by atoms with Crippen LogP contribution in [0.1, 0.15) is 11.3 Å². The number of nitrogens with one attached hydrogen (secondary N) is 1. The van der Waals surface area contributed by atoms with E-state index >= 15 is 0 Å². The van der Waals surface area contributed by atoms with Crippen molar-refractivity contribution in [3.63, 3.8) is 0 Å². The van der Waals surface area contributed by atoms with Crippen molar-refractivity contribution in [1.82, 2.24) is 0 Å². The number of nitro benzene ring substituents is 1. The Kier molecular flexibility index (Phi) is 3.85.